The summed E-state index contributed by atoms with van der Waals surface area (Å²) < 4.78 is 39.1. The number of benzene rings is 2. The fourth-order valence-electron chi connectivity index (χ4n) is 3.78. The number of carbonyl (C=O) groups excluding carboxylic acids is 1. The van der Waals surface area contributed by atoms with Gasteiger partial charge in [-0.1, -0.05) is 18.2 Å². The van der Waals surface area contributed by atoms with E-state index in [-0.39, 0.29) is 11.4 Å². The molecule has 0 spiro atoms. The zero-order chi connectivity index (χ0) is 24.0. The van der Waals surface area contributed by atoms with Gasteiger partial charge >= 0.3 is 0 Å². The van der Waals surface area contributed by atoms with E-state index in [1.54, 1.807) is 28.7 Å². The van der Waals surface area contributed by atoms with Gasteiger partial charge < -0.3 is 9.47 Å². The van der Waals surface area contributed by atoms with Crippen molar-refractivity contribution in [1.29, 1.82) is 0 Å². The predicted molar refractivity (Wildman–Crippen MR) is 124 cm³/mol. The summed E-state index contributed by atoms with van der Waals surface area (Å²) in [5, 5.41) is 10.0. The molecule has 0 saturated carbocycles. The Morgan fingerprint density at radius 1 is 1.12 bits per heavy atom. The Hall–Kier alpha value is -3.09. The van der Waals surface area contributed by atoms with Crippen LogP contribution in [0, 0.1) is 0 Å². The minimum Gasteiger partial charge on any atom is -0.489 e. The lowest BCUT2D eigenvalue weighted by molar-refractivity contribution is -0.136. The number of rotatable bonds is 9. The maximum Gasteiger partial charge on any atom is 0.262 e. The molecule has 1 aromatic heterocycles. The van der Waals surface area contributed by atoms with E-state index >= 15 is 0 Å². The molecule has 2 heterocycles. The van der Waals surface area contributed by atoms with E-state index in [1.165, 1.54) is 12.1 Å². The summed E-state index contributed by atoms with van der Waals surface area (Å²) in [6, 6.07) is 14.8. The zero-order valence-electron chi connectivity index (χ0n) is 18.4. The molecule has 3 aromatic rings. The Balaban J connectivity index is 1.39. The molecule has 10 nitrogen and oxygen atoms in total. The number of nitrogens with one attached hydrogen (secondary N) is 2. The van der Waals surface area contributed by atoms with Crippen LogP contribution in [0.2, 0.25) is 0 Å². The largest absolute Gasteiger partial charge is 0.489 e. The highest BCUT2D eigenvalue weighted by atomic mass is 32.2. The summed E-state index contributed by atoms with van der Waals surface area (Å²) in [6.45, 7) is 1.89. The Labute approximate surface area is 197 Å². The number of hydrogen-bond acceptors (Lipinski definition) is 8. The standard InChI is InChI=1S/C23H26N4O6S/c28-23(26-29)22(27-11-13-32-14-12-27)15-25-34(30,31)19-7-5-18(6-8-19)33-16-17-9-10-24-21-4-2-1-3-20(17)21/h1-10,22,25,29H,11-16H2,(H,26,28). The number of aromatic nitrogens is 1. The van der Waals surface area contributed by atoms with Crippen LogP contribution in [-0.2, 0) is 26.2 Å². The van der Waals surface area contributed by atoms with Crippen molar-refractivity contribution >= 4 is 26.8 Å². The van der Waals surface area contributed by atoms with E-state index in [9.17, 15) is 13.2 Å². The average Bonchev–Trinajstić information content (AvgIpc) is 2.88. The van der Waals surface area contributed by atoms with Crippen molar-refractivity contribution in [2.45, 2.75) is 17.5 Å². The molecule has 4 rings (SSSR count). The lowest BCUT2D eigenvalue weighted by Gasteiger charge is -2.32. The van der Waals surface area contributed by atoms with E-state index in [0.29, 0.717) is 38.7 Å². The number of para-hydroxylation sites is 1. The summed E-state index contributed by atoms with van der Waals surface area (Å²) in [5.74, 6) is -0.164. The Morgan fingerprint density at radius 3 is 2.59 bits per heavy atom. The van der Waals surface area contributed by atoms with Gasteiger partial charge in [-0.2, -0.15) is 0 Å². The molecule has 1 unspecified atom stereocenters. The van der Waals surface area contributed by atoms with Crippen LogP contribution in [0.5, 0.6) is 5.75 Å². The molecule has 11 heteroatoms. The fourth-order valence-corrected chi connectivity index (χ4v) is 4.82. The zero-order valence-corrected chi connectivity index (χ0v) is 19.2. The highest BCUT2D eigenvalue weighted by molar-refractivity contribution is 7.89. The number of ether oxygens (including phenoxy) is 2. The summed E-state index contributed by atoms with van der Waals surface area (Å²) >= 11 is 0. The lowest BCUT2D eigenvalue weighted by atomic mass is 10.1. The number of carbonyl (C=O) groups is 1. The van der Waals surface area contributed by atoms with Gasteiger partial charge in [0.25, 0.3) is 5.91 Å². The molecule has 0 bridgehead atoms. The van der Waals surface area contributed by atoms with Gasteiger partial charge in [-0.25, -0.2) is 18.6 Å². The summed E-state index contributed by atoms with van der Waals surface area (Å²) in [6.07, 6.45) is 1.73. The molecule has 3 N–H and O–H groups in total. The molecule has 0 aliphatic carbocycles. The topological polar surface area (TPSA) is 130 Å². The Morgan fingerprint density at radius 2 is 1.85 bits per heavy atom. The molecule has 1 fully saturated rings. The van der Waals surface area contributed by atoms with E-state index in [2.05, 4.69) is 9.71 Å². The molecule has 1 aliphatic rings. The molecule has 1 saturated heterocycles. The molecule has 2 aromatic carbocycles. The van der Waals surface area contributed by atoms with Crippen LogP contribution in [0.4, 0.5) is 0 Å². The van der Waals surface area contributed by atoms with Crippen molar-refractivity contribution in [2.24, 2.45) is 0 Å². The fraction of sp³-hybridized carbons (Fsp3) is 0.304. The van der Waals surface area contributed by atoms with Crippen molar-refractivity contribution in [3.05, 3.63) is 66.4 Å². The predicted octanol–water partition coefficient (Wildman–Crippen LogP) is 1.30. The Kier molecular flexibility index (Phi) is 7.70. The smallest absolute Gasteiger partial charge is 0.262 e. The molecule has 0 radical (unpaired) electrons. The first-order valence-corrected chi connectivity index (χ1v) is 12.3. The van der Waals surface area contributed by atoms with Crippen LogP contribution < -0.4 is 14.9 Å². The highest BCUT2D eigenvalue weighted by Gasteiger charge is 2.29. The number of amides is 1. The number of fused-ring (bicyclic) bond motifs is 1. The number of morpholine rings is 1. The number of nitrogens with zero attached hydrogens (tertiary/aromatic N) is 2. The van der Waals surface area contributed by atoms with Crippen molar-refractivity contribution < 1.29 is 27.9 Å². The molecule has 1 atom stereocenters. The van der Waals surface area contributed by atoms with Crippen LogP contribution in [0.3, 0.4) is 0 Å². The van der Waals surface area contributed by atoms with Gasteiger partial charge in [0.15, 0.2) is 0 Å². The monoisotopic (exact) mass is 486 g/mol. The maximum absolute atomic E-state index is 12.8. The van der Waals surface area contributed by atoms with Gasteiger partial charge in [-0.05, 0) is 36.4 Å². The van der Waals surface area contributed by atoms with E-state index in [4.69, 9.17) is 14.7 Å². The number of hydrogen-bond donors (Lipinski definition) is 3. The van der Waals surface area contributed by atoms with E-state index in [0.717, 1.165) is 16.5 Å². The normalized spacial score (nSPS) is 15.7. The van der Waals surface area contributed by atoms with Crippen LogP contribution in [-0.4, -0.2) is 68.3 Å². The highest BCUT2D eigenvalue weighted by Crippen LogP contribution is 2.21. The third kappa shape index (κ3) is 5.69. The Bertz CT molecular complexity index is 1220. The third-order valence-electron chi connectivity index (χ3n) is 5.63. The first-order chi connectivity index (χ1) is 16.5. The van der Waals surface area contributed by atoms with Crippen molar-refractivity contribution in [3.63, 3.8) is 0 Å². The van der Waals surface area contributed by atoms with E-state index in [1.807, 2.05) is 30.3 Å². The van der Waals surface area contributed by atoms with Gasteiger partial charge in [-0.15, -0.1) is 0 Å². The molecule has 180 valence electrons. The van der Waals surface area contributed by atoms with Gasteiger partial charge in [-0.3, -0.25) is 19.9 Å². The van der Waals surface area contributed by atoms with Crippen LogP contribution in [0.25, 0.3) is 10.9 Å². The van der Waals surface area contributed by atoms with Crippen molar-refractivity contribution in [3.8, 4) is 5.75 Å². The SMILES string of the molecule is O=C(NO)C(CNS(=O)(=O)c1ccc(OCc2ccnc3ccccc23)cc1)N1CCOCC1. The number of hydroxylamine groups is 1. The molecular weight excluding hydrogens is 460 g/mol. The third-order valence-corrected chi connectivity index (χ3v) is 7.07. The summed E-state index contributed by atoms with van der Waals surface area (Å²) in [5.41, 5.74) is 3.46. The van der Waals surface area contributed by atoms with Crippen molar-refractivity contribution in [1.82, 2.24) is 20.1 Å². The summed E-state index contributed by atoms with van der Waals surface area (Å²) in [4.78, 5) is 18.2. The first kappa shape index (κ1) is 24.0. The van der Waals surface area contributed by atoms with Gasteiger partial charge in [0, 0.05) is 36.8 Å². The van der Waals surface area contributed by atoms with Crippen molar-refractivity contribution in [2.75, 3.05) is 32.8 Å². The minimum atomic E-state index is -3.88. The van der Waals surface area contributed by atoms with E-state index < -0.39 is 22.0 Å². The second-order valence-corrected chi connectivity index (χ2v) is 9.51. The second kappa shape index (κ2) is 10.9. The molecular formula is C23H26N4O6S. The van der Waals surface area contributed by atoms with Crippen LogP contribution in [0.1, 0.15) is 5.56 Å². The molecule has 34 heavy (non-hydrogen) atoms. The van der Waals surface area contributed by atoms with Crippen LogP contribution in [0.15, 0.2) is 65.7 Å². The minimum absolute atomic E-state index is 0.0411. The van der Waals surface area contributed by atoms with Gasteiger partial charge in [0.05, 0.1) is 23.6 Å². The number of sulfonamides is 1. The second-order valence-electron chi connectivity index (χ2n) is 7.74. The lowest BCUT2D eigenvalue weighted by Crippen LogP contribution is -2.55. The average molecular weight is 487 g/mol. The molecule has 1 aliphatic heterocycles. The van der Waals surface area contributed by atoms with Crippen LogP contribution >= 0.6 is 0 Å². The van der Waals surface area contributed by atoms with Gasteiger partial charge in [0.1, 0.15) is 18.4 Å². The number of pyridine rings is 1. The first-order valence-electron chi connectivity index (χ1n) is 10.8. The van der Waals surface area contributed by atoms with Gasteiger partial charge in [0.2, 0.25) is 10.0 Å². The summed E-state index contributed by atoms with van der Waals surface area (Å²) in [7, 11) is -3.88. The molecule has 1 amide bonds. The quantitative estimate of drug-likeness (QED) is 0.305. The maximum atomic E-state index is 12.8.